The molecule has 0 saturated heterocycles. The van der Waals surface area contributed by atoms with Gasteiger partial charge in [-0.05, 0) is 29.8 Å². The van der Waals surface area contributed by atoms with E-state index in [9.17, 15) is 8.42 Å². The van der Waals surface area contributed by atoms with Crippen molar-refractivity contribution in [3.05, 3.63) is 60.9 Å². The number of rotatable bonds is 3. The summed E-state index contributed by atoms with van der Waals surface area (Å²) >= 11 is 0. The van der Waals surface area contributed by atoms with Crippen LogP contribution in [-0.2, 0) is 10.0 Å². The van der Waals surface area contributed by atoms with Gasteiger partial charge in [-0.2, -0.15) is 4.72 Å². The first kappa shape index (κ1) is 17.7. The number of nitrogens with zero attached hydrogens (tertiary/aromatic N) is 1. The molecule has 7 nitrogen and oxygen atoms in total. The van der Waals surface area contributed by atoms with Crippen LogP contribution in [0.3, 0.4) is 0 Å². The molecular formula is C21H18N4O3S. The Balaban J connectivity index is 1.67. The van der Waals surface area contributed by atoms with E-state index >= 15 is 0 Å². The predicted octanol–water partition coefficient (Wildman–Crippen LogP) is 3.57. The van der Waals surface area contributed by atoms with Crippen LogP contribution < -0.4 is 14.8 Å². The largest absolute Gasteiger partial charge is 0.496 e. The first-order valence-electron chi connectivity index (χ1n) is 9.05. The van der Waals surface area contributed by atoms with Crippen molar-refractivity contribution in [1.29, 1.82) is 0 Å². The van der Waals surface area contributed by atoms with Crippen LogP contribution >= 0.6 is 0 Å². The molecule has 1 aliphatic rings. The zero-order valence-electron chi connectivity index (χ0n) is 15.6. The molecule has 0 bridgehead atoms. The average Bonchev–Trinajstić information content (AvgIpc) is 3.16. The Morgan fingerprint density at radius 3 is 2.76 bits per heavy atom. The third-order valence-electron chi connectivity index (χ3n) is 5.07. The number of fused-ring (bicyclic) bond motifs is 2. The maximum absolute atomic E-state index is 12.4. The molecule has 2 aromatic carbocycles. The fourth-order valence-corrected chi connectivity index (χ4v) is 4.76. The Kier molecular flexibility index (Phi) is 4.04. The Hall–Kier alpha value is -3.36. The van der Waals surface area contributed by atoms with Gasteiger partial charge in [-0.1, -0.05) is 24.3 Å². The van der Waals surface area contributed by atoms with Gasteiger partial charge in [0.05, 0.1) is 19.5 Å². The normalized spacial score (nSPS) is 14.9. The summed E-state index contributed by atoms with van der Waals surface area (Å²) in [5.74, 6) is 0.774. The lowest BCUT2D eigenvalue weighted by molar-refractivity contribution is 0.416. The Morgan fingerprint density at radius 1 is 1.03 bits per heavy atom. The Labute approximate surface area is 167 Å². The molecule has 0 unspecified atom stereocenters. The number of methoxy groups -OCH3 is 1. The van der Waals surface area contributed by atoms with Crippen LogP contribution in [0, 0.1) is 0 Å². The van der Waals surface area contributed by atoms with Crippen molar-refractivity contribution < 1.29 is 13.2 Å². The van der Waals surface area contributed by atoms with E-state index in [1.807, 2.05) is 42.6 Å². The minimum Gasteiger partial charge on any atom is -0.496 e. The highest BCUT2D eigenvalue weighted by Gasteiger charge is 2.23. The number of nitrogens with one attached hydrogen (secondary N) is 3. The van der Waals surface area contributed by atoms with Crippen molar-refractivity contribution in [1.82, 2.24) is 14.7 Å². The lowest BCUT2D eigenvalue weighted by Gasteiger charge is -2.20. The summed E-state index contributed by atoms with van der Waals surface area (Å²) < 4.78 is 32.7. The molecule has 3 N–H and O–H groups in total. The highest BCUT2D eigenvalue weighted by Crippen LogP contribution is 2.37. The summed E-state index contributed by atoms with van der Waals surface area (Å²) in [6, 6.07) is 15.2. The number of hydrogen-bond donors (Lipinski definition) is 3. The SMILES string of the molecule is COc1ccccc1-c1c[nH]c2ncc(-c3ccc4c(c3)S(=O)(=O)NCN4)cc12. The highest BCUT2D eigenvalue weighted by atomic mass is 32.2. The summed E-state index contributed by atoms with van der Waals surface area (Å²) in [4.78, 5) is 7.96. The van der Waals surface area contributed by atoms with Crippen LogP contribution in [0.25, 0.3) is 33.3 Å². The third kappa shape index (κ3) is 2.93. The second-order valence-electron chi connectivity index (χ2n) is 6.74. The van der Waals surface area contributed by atoms with E-state index in [-0.39, 0.29) is 11.6 Å². The molecule has 0 saturated carbocycles. The molecule has 0 fully saturated rings. The topological polar surface area (TPSA) is 96.1 Å². The van der Waals surface area contributed by atoms with Crippen LogP contribution in [0.2, 0.25) is 0 Å². The van der Waals surface area contributed by atoms with E-state index in [0.29, 0.717) is 5.69 Å². The quantitative estimate of drug-likeness (QED) is 0.483. The lowest BCUT2D eigenvalue weighted by Crippen LogP contribution is -2.34. The molecule has 29 heavy (non-hydrogen) atoms. The monoisotopic (exact) mass is 406 g/mol. The first-order chi connectivity index (χ1) is 14.1. The molecule has 2 aromatic heterocycles. The zero-order valence-corrected chi connectivity index (χ0v) is 16.4. The number of anilines is 1. The number of aromatic amines is 1. The minimum absolute atomic E-state index is 0.188. The lowest BCUT2D eigenvalue weighted by atomic mass is 10.0. The number of aromatic nitrogens is 2. The fraction of sp³-hybridized carbons (Fsp3) is 0.0952. The van der Waals surface area contributed by atoms with Crippen LogP contribution in [-0.4, -0.2) is 32.2 Å². The number of sulfonamides is 1. The van der Waals surface area contributed by atoms with E-state index < -0.39 is 10.0 Å². The summed E-state index contributed by atoms with van der Waals surface area (Å²) in [6.45, 7) is 0.188. The van der Waals surface area contributed by atoms with Crippen molar-refractivity contribution in [3.8, 4) is 28.0 Å². The molecule has 1 aliphatic heterocycles. The molecule has 0 amide bonds. The highest BCUT2D eigenvalue weighted by molar-refractivity contribution is 7.89. The Bertz CT molecular complexity index is 1350. The van der Waals surface area contributed by atoms with Crippen molar-refractivity contribution in [2.45, 2.75) is 4.90 Å². The number of ether oxygens (including phenoxy) is 1. The van der Waals surface area contributed by atoms with Gasteiger partial charge in [0.2, 0.25) is 10.0 Å². The summed E-state index contributed by atoms with van der Waals surface area (Å²) in [7, 11) is -1.87. The van der Waals surface area contributed by atoms with Crippen molar-refractivity contribution in [2.24, 2.45) is 0 Å². The van der Waals surface area contributed by atoms with Gasteiger partial charge in [-0.25, -0.2) is 13.4 Å². The fourth-order valence-electron chi connectivity index (χ4n) is 3.63. The number of benzene rings is 2. The van der Waals surface area contributed by atoms with E-state index in [0.717, 1.165) is 39.0 Å². The van der Waals surface area contributed by atoms with Gasteiger partial charge in [0.25, 0.3) is 0 Å². The molecule has 0 spiro atoms. The average molecular weight is 406 g/mol. The van der Waals surface area contributed by atoms with E-state index in [2.05, 4.69) is 20.0 Å². The summed E-state index contributed by atoms with van der Waals surface area (Å²) in [5, 5.41) is 3.97. The maximum atomic E-state index is 12.4. The second kappa shape index (κ2) is 6.61. The molecule has 3 heterocycles. The standard InChI is InChI=1S/C21H18N4O3S/c1-28-19-5-3-2-4-15(19)17-11-23-21-16(17)8-14(10-22-21)13-6-7-18-20(9-13)29(26,27)25-12-24-18/h2-11,24-25H,12H2,1H3,(H,22,23). The first-order valence-corrected chi connectivity index (χ1v) is 10.5. The van der Waals surface area contributed by atoms with Gasteiger partial charge in [0.15, 0.2) is 0 Å². The summed E-state index contributed by atoms with van der Waals surface area (Å²) in [5.41, 5.74) is 4.89. The number of H-pyrrole nitrogens is 1. The van der Waals surface area contributed by atoms with Gasteiger partial charge in [-0.3, -0.25) is 0 Å². The van der Waals surface area contributed by atoms with Crippen LogP contribution in [0.15, 0.2) is 65.8 Å². The van der Waals surface area contributed by atoms with Gasteiger partial charge in [-0.15, -0.1) is 0 Å². The number of para-hydroxylation sites is 1. The van der Waals surface area contributed by atoms with Gasteiger partial charge >= 0.3 is 0 Å². The number of hydrogen-bond acceptors (Lipinski definition) is 5. The predicted molar refractivity (Wildman–Crippen MR) is 112 cm³/mol. The van der Waals surface area contributed by atoms with Crippen LogP contribution in [0.4, 0.5) is 5.69 Å². The molecule has 0 atom stereocenters. The van der Waals surface area contributed by atoms with Crippen LogP contribution in [0.5, 0.6) is 5.75 Å². The minimum atomic E-state index is -3.52. The van der Waals surface area contributed by atoms with Crippen molar-refractivity contribution >= 4 is 26.7 Å². The maximum Gasteiger partial charge on any atom is 0.244 e. The Morgan fingerprint density at radius 2 is 1.90 bits per heavy atom. The molecule has 0 aliphatic carbocycles. The van der Waals surface area contributed by atoms with E-state index in [1.165, 1.54) is 0 Å². The van der Waals surface area contributed by atoms with E-state index in [4.69, 9.17) is 4.74 Å². The van der Waals surface area contributed by atoms with Crippen molar-refractivity contribution in [3.63, 3.8) is 0 Å². The van der Waals surface area contributed by atoms with Gasteiger partial charge in [0, 0.05) is 34.5 Å². The van der Waals surface area contributed by atoms with Crippen molar-refractivity contribution in [2.75, 3.05) is 19.1 Å². The number of pyridine rings is 1. The van der Waals surface area contributed by atoms with Gasteiger partial charge < -0.3 is 15.0 Å². The second-order valence-corrected chi connectivity index (χ2v) is 8.47. The molecule has 8 heteroatoms. The summed E-state index contributed by atoms with van der Waals surface area (Å²) in [6.07, 6.45) is 3.65. The zero-order chi connectivity index (χ0) is 20.0. The molecule has 0 radical (unpaired) electrons. The van der Waals surface area contributed by atoms with E-state index in [1.54, 1.807) is 25.4 Å². The van der Waals surface area contributed by atoms with Gasteiger partial charge in [0.1, 0.15) is 16.3 Å². The third-order valence-corrected chi connectivity index (χ3v) is 6.51. The molecule has 146 valence electrons. The molecule has 5 rings (SSSR count). The smallest absolute Gasteiger partial charge is 0.244 e. The van der Waals surface area contributed by atoms with Crippen LogP contribution in [0.1, 0.15) is 0 Å². The molecular weight excluding hydrogens is 388 g/mol. The molecule has 4 aromatic rings.